The fourth-order valence-corrected chi connectivity index (χ4v) is 7.64. The molecule has 0 radical (unpaired) electrons. The normalized spacial score (nSPS) is 56.2. The third kappa shape index (κ3) is 1.44. The van der Waals surface area contributed by atoms with Crippen molar-refractivity contribution in [2.75, 3.05) is 0 Å². The summed E-state index contributed by atoms with van der Waals surface area (Å²) >= 11 is 0. The number of rotatable bonds is 0. The average molecular weight is 300 g/mol. The summed E-state index contributed by atoms with van der Waals surface area (Å²) in [6.45, 7) is 2.35. The first-order valence-corrected chi connectivity index (χ1v) is 9.47. The number of fused-ring (bicyclic) bond motifs is 3. The quantitative estimate of drug-likeness (QED) is 0.689. The van der Waals surface area contributed by atoms with E-state index in [0.29, 0.717) is 17.1 Å². The molecule has 0 spiro atoms. The first kappa shape index (κ1) is 13.8. The Kier molecular flexibility index (Phi) is 2.67. The molecule has 120 valence electrons. The molecule has 5 aliphatic carbocycles. The maximum atomic E-state index is 12.3. The number of carbonyl (C=O) groups is 1. The van der Waals surface area contributed by atoms with Gasteiger partial charge in [-0.3, -0.25) is 4.79 Å². The second-order valence-corrected chi connectivity index (χ2v) is 9.12. The molecule has 0 aromatic carbocycles. The third-order valence-corrected chi connectivity index (χ3v) is 8.74. The van der Waals surface area contributed by atoms with Crippen LogP contribution in [0.15, 0.2) is 11.6 Å². The van der Waals surface area contributed by atoms with Crippen LogP contribution in [0.1, 0.15) is 64.7 Å². The maximum Gasteiger partial charge on any atom is 0.140 e. The number of aliphatic hydroxyl groups is 1. The van der Waals surface area contributed by atoms with E-state index in [4.69, 9.17) is 0 Å². The Labute approximate surface area is 133 Å². The molecule has 0 aliphatic heterocycles. The van der Waals surface area contributed by atoms with Gasteiger partial charge in [0.05, 0.1) is 6.10 Å². The van der Waals surface area contributed by atoms with E-state index in [1.54, 1.807) is 5.57 Å². The molecule has 2 nitrogen and oxygen atoms in total. The van der Waals surface area contributed by atoms with Crippen LogP contribution in [0.4, 0.5) is 0 Å². The maximum absolute atomic E-state index is 12.3. The van der Waals surface area contributed by atoms with E-state index in [9.17, 15) is 9.90 Å². The van der Waals surface area contributed by atoms with E-state index >= 15 is 0 Å². The number of hydrogen-bond donors (Lipinski definition) is 1. The highest BCUT2D eigenvalue weighted by atomic mass is 16.3. The lowest BCUT2D eigenvalue weighted by Gasteiger charge is -2.56. The molecule has 2 bridgehead atoms. The van der Waals surface area contributed by atoms with Gasteiger partial charge in [0, 0.05) is 12.3 Å². The molecule has 0 aromatic heterocycles. The van der Waals surface area contributed by atoms with Crippen LogP contribution >= 0.6 is 0 Å². The molecule has 1 N–H and O–H groups in total. The van der Waals surface area contributed by atoms with Crippen molar-refractivity contribution in [3.63, 3.8) is 0 Å². The largest absolute Gasteiger partial charge is 0.393 e. The summed E-state index contributed by atoms with van der Waals surface area (Å²) in [5.41, 5.74) is 2.12. The number of ketones is 1. The first-order chi connectivity index (χ1) is 10.6. The zero-order valence-corrected chi connectivity index (χ0v) is 13.7. The molecule has 0 unspecified atom stereocenters. The summed E-state index contributed by atoms with van der Waals surface area (Å²) in [5.74, 6) is 3.10. The zero-order chi connectivity index (χ0) is 15.1. The number of aliphatic hydroxyl groups excluding tert-OH is 1. The summed E-state index contributed by atoms with van der Waals surface area (Å²) in [4.78, 5) is 12.3. The number of carbonyl (C=O) groups excluding carboxylic acids is 1. The zero-order valence-electron chi connectivity index (χ0n) is 13.7. The van der Waals surface area contributed by atoms with Crippen LogP contribution in [-0.4, -0.2) is 17.0 Å². The minimum Gasteiger partial charge on any atom is -0.393 e. The smallest absolute Gasteiger partial charge is 0.140 e. The number of Topliss-reactive ketones (excluding diaryl/α,β-unsaturated/α-hetero) is 1. The molecule has 2 heteroatoms. The van der Waals surface area contributed by atoms with Crippen molar-refractivity contribution >= 4 is 5.78 Å². The molecule has 0 heterocycles. The van der Waals surface area contributed by atoms with Gasteiger partial charge in [0.2, 0.25) is 0 Å². The van der Waals surface area contributed by atoms with Gasteiger partial charge in [-0.1, -0.05) is 18.6 Å². The van der Waals surface area contributed by atoms with E-state index in [1.165, 1.54) is 32.1 Å². The third-order valence-electron chi connectivity index (χ3n) is 8.74. The summed E-state index contributed by atoms with van der Waals surface area (Å²) in [7, 11) is 0. The van der Waals surface area contributed by atoms with Crippen molar-refractivity contribution in [1.82, 2.24) is 0 Å². The lowest BCUT2D eigenvalue weighted by molar-refractivity contribution is -0.124. The fraction of sp³-hybridized carbons (Fsp3) is 0.850. The van der Waals surface area contributed by atoms with Crippen LogP contribution in [0.2, 0.25) is 0 Å². The predicted octanol–water partition coefficient (Wildman–Crippen LogP) is 3.88. The summed E-state index contributed by atoms with van der Waals surface area (Å²) < 4.78 is 0. The van der Waals surface area contributed by atoms with Gasteiger partial charge in [0.1, 0.15) is 5.78 Å². The lowest BCUT2D eigenvalue weighted by atomic mass is 9.48. The van der Waals surface area contributed by atoms with Crippen LogP contribution < -0.4 is 0 Å². The Morgan fingerprint density at radius 2 is 1.95 bits per heavy atom. The highest BCUT2D eigenvalue weighted by Crippen LogP contribution is 2.69. The molecule has 5 aliphatic rings. The topological polar surface area (TPSA) is 37.3 Å². The monoisotopic (exact) mass is 300 g/mol. The minimum absolute atomic E-state index is 0.0782. The van der Waals surface area contributed by atoms with Crippen molar-refractivity contribution in [2.45, 2.75) is 70.8 Å². The molecular weight excluding hydrogens is 272 g/mol. The molecule has 4 saturated carbocycles. The van der Waals surface area contributed by atoms with Crippen LogP contribution in [0.3, 0.4) is 0 Å². The fourth-order valence-electron chi connectivity index (χ4n) is 7.64. The molecule has 0 saturated heterocycles. The second kappa shape index (κ2) is 4.26. The van der Waals surface area contributed by atoms with Gasteiger partial charge >= 0.3 is 0 Å². The predicted molar refractivity (Wildman–Crippen MR) is 85.1 cm³/mol. The van der Waals surface area contributed by atoms with Gasteiger partial charge in [-0.2, -0.15) is 0 Å². The summed E-state index contributed by atoms with van der Waals surface area (Å²) in [6, 6.07) is 0. The van der Waals surface area contributed by atoms with Gasteiger partial charge in [-0.15, -0.1) is 0 Å². The van der Waals surface area contributed by atoms with Crippen LogP contribution in [-0.2, 0) is 4.79 Å². The minimum atomic E-state index is -0.0782. The van der Waals surface area contributed by atoms with Gasteiger partial charge < -0.3 is 5.11 Å². The van der Waals surface area contributed by atoms with Gasteiger partial charge in [0.15, 0.2) is 0 Å². The Morgan fingerprint density at radius 1 is 1.09 bits per heavy atom. The molecule has 0 amide bonds. The Hall–Kier alpha value is -0.630. The van der Waals surface area contributed by atoms with Crippen molar-refractivity contribution in [2.24, 2.45) is 34.5 Å². The van der Waals surface area contributed by atoms with E-state index in [1.807, 2.05) is 0 Å². The first-order valence-electron chi connectivity index (χ1n) is 9.47. The Morgan fingerprint density at radius 3 is 2.82 bits per heavy atom. The Balaban J connectivity index is 1.56. The molecule has 7 atom stereocenters. The summed E-state index contributed by atoms with van der Waals surface area (Å²) in [5, 5.41) is 10.5. The van der Waals surface area contributed by atoms with Crippen molar-refractivity contribution in [3.8, 4) is 0 Å². The van der Waals surface area contributed by atoms with E-state index in [2.05, 4.69) is 13.0 Å². The number of allylic oxidation sites excluding steroid dienone is 2. The molecule has 22 heavy (non-hydrogen) atoms. The van der Waals surface area contributed by atoms with Gasteiger partial charge in [-0.05, 0) is 80.0 Å². The van der Waals surface area contributed by atoms with Crippen molar-refractivity contribution in [3.05, 3.63) is 11.6 Å². The summed E-state index contributed by atoms with van der Waals surface area (Å²) in [6.07, 6.45) is 12.7. The van der Waals surface area contributed by atoms with Gasteiger partial charge in [-0.25, -0.2) is 0 Å². The van der Waals surface area contributed by atoms with E-state index in [0.717, 1.165) is 37.5 Å². The highest BCUT2D eigenvalue weighted by molar-refractivity contribution is 5.86. The van der Waals surface area contributed by atoms with Crippen molar-refractivity contribution < 1.29 is 9.90 Å². The molecular formula is C20H28O2. The second-order valence-electron chi connectivity index (χ2n) is 9.12. The van der Waals surface area contributed by atoms with Crippen LogP contribution in [0.5, 0.6) is 0 Å². The molecule has 5 rings (SSSR count). The van der Waals surface area contributed by atoms with E-state index in [-0.39, 0.29) is 17.4 Å². The molecule has 4 fully saturated rings. The molecule has 0 aromatic rings. The Bertz CT molecular complexity index is 564. The van der Waals surface area contributed by atoms with Crippen LogP contribution in [0, 0.1) is 34.5 Å². The highest BCUT2D eigenvalue weighted by Gasteiger charge is 2.62. The van der Waals surface area contributed by atoms with Crippen molar-refractivity contribution in [1.29, 1.82) is 0 Å². The standard InChI is InChI=1S/C20H28O2/c1-19-9-7-16-12(14(19)4-5-18(19)22)2-3-15-13-6-10-20(15,16)11-8-17(13)21/h3,12-14,16,18,22H,2,4-11H2,1H3/t12-,13+,14-,16-,18-,19-,20-/m0/s1. The average Bonchev–Trinajstić information content (AvgIpc) is 2.98. The number of hydrogen-bond acceptors (Lipinski definition) is 2. The lowest BCUT2D eigenvalue weighted by Crippen LogP contribution is -2.51. The van der Waals surface area contributed by atoms with Crippen LogP contribution in [0.25, 0.3) is 0 Å². The SMILES string of the molecule is C[C@]12CC[C@H]3[C@@H](CC=C4[C@H]5CC[C@]43CCC5=O)[C@@H]1CC[C@@H]2O. The van der Waals surface area contributed by atoms with E-state index < -0.39 is 0 Å². The van der Waals surface area contributed by atoms with Gasteiger partial charge in [0.25, 0.3) is 0 Å².